The van der Waals surface area contributed by atoms with Gasteiger partial charge in [-0.1, -0.05) is 12.1 Å². The number of aryl methyl sites for hydroxylation is 1. The van der Waals surface area contributed by atoms with Crippen LogP contribution in [-0.4, -0.2) is 20.5 Å². The van der Waals surface area contributed by atoms with Crippen molar-refractivity contribution in [3.05, 3.63) is 64.5 Å². The summed E-state index contributed by atoms with van der Waals surface area (Å²) < 4.78 is 7.05. The lowest BCUT2D eigenvalue weighted by molar-refractivity contribution is 0.0309. The molecule has 1 N–H and O–H groups in total. The second-order valence-corrected chi connectivity index (χ2v) is 5.02. The molecule has 0 unspecified atom stereocenters. The Labute approximate surface area is 126 Å². The van der Waals surface area contributed by atoms with Crippen LogP contribution >= 0.6 is 0 Å². The van der Waals surface area contributed by atoms with Crippen molar-refractivity contribution in [3.8, 4) is 0 Å². The van der Waals surface area contributed by atoms with Crippen LogP contribution in [0, 0.1) is 0 Å². The van der Waals surface area contributed by atoms with E-state index in [4.69, 9.17) is 4.74 Å². The van der Waals surface area contributed by atoms with Gasteiger partial charge in [0.2, 0.25) is 0 Å². The third kappa shape index (κ3) is 2.50. The van der Waals surface area contributed by atoms with E-state index in [1.54, 1.807) is 61.1 Å². The molecule has 0 aliphatic carbocycles. The number of benzene rings is 1. The fraction of sp³-hybridized carbons (Fsp3) is 0.188. The normalized spacial score (nSPS) is 12.3. The topological polar surface area (TPSA) is 77.0 Å². The average Bonchev–Trinajstić information content (AvgIpc) is 2.93. The van der Waals surface area contributed by atoms with Crippen LogP contribution in [0.1, 0.15) is 29.3 Å². The summed E-state index contributed by atoms with van der Waals surface area (Å²) in [6.07, 6.45) is 1.11. The average molecular weight is 297 g/mol. The van der Waals surface area contributed by atoms with Gasteiger partial charge in [0, 0.05) is 13.2 Å². The molecule has 1 atom stereocenters. The van der Waals surface area contributed by atoms with Crippen molar-refractivity contribution in [2.75, 3.05) is 0 Å². The minimum Gasteiger partial charge on any atom is -0.450 e. The molecule has 22 heavy (non-hydrogen) atoms. The molecule has 3 rings (SSSR count). The lowest BCUT2D eigenvalue weighted by Crippen LogP contribution is -2.18. The minimum absolute atomic E-state index is 0.248. The van der Waals surface area contributed by atoms with Crippen LogP contribution in [0.2, 0.25) is 0 Å². The minimum atomic E-state index is -0.653. The van der Waals surface area contributed by atoms with Gasteiger partial charge in [-0.15, -0.1) is 0 Å². The zero-order valence-corrected chi connectivity index (χ0v) is 12.2. The van der Waals surface area contributed by atoms with Crippen molar-refractivity contribution >= 4 is 16.9 Å². The number of carbonyl (C=O) groups excluding carboxylic acids is 1. The summed E-state index contributed by atoms with van der Waals surface area (Å²) in [5.41, 5.74) is 0.764. The largest absolute Gasteiger partial charge is 0.450 e. The molecule has 2 aromatic heterocycles. The van der Waals surface area contributed by atoms with Crippen molar-refractivity contribution in [1.29, 1.82) is 0 Å². The number of H-pyrrole nitrogens is 1. The number of carbonyl (C=O) groups is 1. The lowest BCUT2D eigenvalue weighted by Gasteiger charge is -2.13. The number of hydrogen-bond acceptors (Lipinski definition) is 4. The standard InChI is InChI=1S/C16H15N3O3/c1-10(22-16(21)13-8-5-9-19(13)2)14-17-12-7-4-3-6-11(12)15(20)18-14/h3-10H,1-2H3,(H,17,18,20)/t10-/m1/s1. The van der Waals surface area contributed by atoms with E-state index in [1.807, 2.05) is 0 Å². The van der Waals surface area contributed by atoms with Gasteiger partial charge in [0.1, 0.15) is 5.69 Å². The predicted molar refractivity (Wildman–Crippen MR) is 81.6 cm³/mol. The second kappa shape index (κ2) is 5.48. The van der Waals surface area contributed by atoms with Crippen molar-refractivity contribution < 1.29 is 9.53 Å². The van der Waals surface area contributed by atoms with Crippen LogP contribution < -0.4 is 5.56 Å². The quantitative estimate of drug-likeness (QED) is 0.752. The number of esters is 1. The number of aromatic amines is 1. The number of aromatic nitrogens is 3. The van der Waals surface area contributed by atoms with Crippen molar-refractivity contribution in [2.45, 2.75) is 13.0 Å². The van der Waals surface area contributed by atoms with Crippen LogP contribution in [0.3, 0.4) is 0 Å². The first-order valence-electron chi connectivity index (χ1n) is 6.87. The van der Waals surface area contributed by atoms with Gasteiger partial charge < -0.3 is 14.3 Å². The van der Waals surface area contributed by atoms with Gasteiger partial charge in [-0.3, -0.25) is 4.79 Å². The van der Waals surface area contributed by atoms with Crippen molar-refractivity contribution in [3.63, 3.8) is 0 Å². The molecule has 0 spiro atoms. The van der Waals surface area contributed by atoms with Crippen LogP contribution in [0.15, 0.2) is 47.4 Å². The molecule has 0 amide bonds. The molecule has 0 aliphatic heterocycles. The van der Waals surface area contributed by atoms with Gasteiger partial charge in [0.25, 0.3) is 5.56 Å². The number of fused-ring (bicyclic) bond motifs is 1. The summed E-state index contributed by atoms with van der Waals surface area (Å²) in [5, 5.41) is 0.507. The van der Waals surface area contributed by atoms with E-state index in [0.717, 1.165) is 0 Å². The van der Waals surface area contributed by atoms with E-state index in [2.05, 4.69) is 9.97 Å². The predicted octanol–water partition coefficient (Wildman–Crippen LogP) is 2.18. The van der Waals surface area contributed by atoms with Crippen LogP contribution in [0.25, 0.3) is 10.9 Å². The molecule has 6 nitrogen and oxygen atoms in total. The third-order valence-corrected chi connectivity index (χ3v) is 3.45. The summed E-state index contributed by atoms with van der Waals surface area (Å²) in [7, 11) is 1.76. The van der Waals surface area contributed by atoms with Crippen molar-refractivity contribution in [1.82, 2.24) is 14.5 Å². The lowest BCUT2D eigenvalue weighted by atomic mass is 10.2. The summed E-state index contributed by atoms with van der Waals surface area (Å²) in [6.45, 7) is 1.67. The molecule has 1 aromatic carbocycles. The SMILES string of the molecule is C[C@@H](OC(=O)c1cccn1C)c1nc2ccccc2c(=O)[nH]1. The molecule has 0 saturated carbocycles. The molecule has 0 fully saturated rings. The maximum atomic E-state index is 12.1. The molecular formula is C16H15N3O3. The first kappa shape index (κ1) is 14.1. The highest BCUT2D eigenvalue weighted by molar-refractivity contribution is 5.87. The smallest absolute Gasteiger partial charge is 0.355 e. The Morgan fingerprint density at radius 1 is 1.27 bits per heavy atom. The molecule has 6 heteroatoms. The van der Waals surface area contributed by atoms with E-state index < -0.39 is 12.1 Å². The Balaban J connectivity index is 1.89. The van der Waals surface area contributed by atoms with Crippen LogP contribution in [0.4, 0.5) is 0 Å². The van der Waals surface area contributed by atoms with E-state index in [0.29, 0.717) is 22.4 Å². The Bertz CT molecular complexity index is 895. The monoisotopic (exact) mass is 297 g/mol. The first-order chi connectivity index (χ1) is 10.6. The number of nitrogens with zero attached hydrogens (tertiary/aromatic N) is 2. The Hall–Kier alpha value is -2.89. The summed E-state index contributed by atoms with van der Waals surface area (Å²) >= 11 is 0. The number of ether oxygens (including phenoxy) is 1. The highest BCUT2D eigenvalue weighted by Gasteiger charge is 2.18. The molecule has 0 radical (unpaired) electrons. The molecule has 2 heterocycles. The number of hydrogen-bond donors (Lipinski definition) is 1. The first-order valence-corrected chi connectivity index (χ1v) is 6.87. The molecule has 0 aliphatic rings. The molecule has 0 bridgehead atoms. The summed E-state index contributed by atoms with van der Waals surface area (Å²) in [6, 6.07) is 10.5. The number of nitrogens with one attached hydrogen (secondary N) is 1. The number of rotatable bonds is 3. The molecular weight excluding hydrogens is 282 g/mol. The van der Waals surface area contributed by atoms with Crippen molar-refractivity contribution in [2.24, 2.45) is 7.05 Å². The van der Waals surface area contributed by atoms with Gasteiger partial charge in [-0.2, -0.15) is 0 Å². The summed E-state index contributed by atoms with van der Waals surface area (Å²) in [4.78, 5) is 31.1. The van der Waals surface area contributed by atoms with Gasteiger partial charge in [-0.25, -0.2) is 9.78 Å². The highest BCUT2D eigenvalue weighted by atomic mass is 16.5. The van der Waals surface area contributed by atoms with E-state index in [-0.39, 0.29) is 5.56 Å². The van der Waals surface area contributed by atoms with E-state index in [1.165, 1.54) is 0 Å². The fourth-order valence-electron chi connectivity index (χ4n) is 2.25. The fourth-order valence-corrected chi connectivity index (χ4v) is 2.25. The Morgan fingerprint density at radius 2 is 2.05 bits per heavy atom. The maximum absolute atomic E-state index is 12.1. The molecule has 0 saturated heterocycles. The second-order valence-electron chi connectivity index (χ2n) is 5.02. The van der Waals surface area contributed by atoms with Gasteiger partial charge in [0.05, 0.1) is 10.9 Å². The zero-order valence-electron chi connectivity index (χ0n) is 12.2. The van der Waals surface area contributed by atoms with E-state index in [9.17, 15) is 9.59 Å². The number of para-hydroxylation sites is 1. The highest BCUT2D eigenvalue weighted by Crippen LogP contribution is 2.16. The molecule has 112 valence electrons. The Morgan fingerprint density at radius 3 is 2.77 bits per heavy atom. The van der Waals surface area contributed by atoms with Crippen LogP contribution in [0.5, 0.6) is 0 Å². The third-order valence-electron chi connectivity index (χ3n) is 3.45. The Kier molecular flexibility index (Phi) is 3.50. The van der Waals surface area contributed by atoms with Gasteiger partial charge >= 0.3 is 5.97 Å². The van der Waals surface area contributed by atoms with E-state index >= 15 is 0 Å². The van der Waals surface area contributed by atoms with Gasteiger partial charge in [-0.05, 0) is 31.2 Å². The molecule has 3 aromatic rings. The maximum Gasteiger partial charge on any atom is 0.355 e. The summed E-state index contributed by atoms with van der Waals surface area (Å²) in [5.74, 6) is -0.137. The van der Waals surface area contributed by atoms with Crippen LogP contribution in [-0.2, 0) is 11.8 Å². The van der Waals surface area contributed by atoms with Gasteiger partial charge in [0.15, 0.2) is 11.9 Å². The zero-order chi connectivity index (χ0) is 15.7.